The summed E-state index contributed by atoms with van der Waals surface area (Å²) in [5.74, 6) is 0.738. The topological polar surface area (TPSA) is 109 Å². The number of aromatic nitrogens is 2. The number of benzene rings is 3. The van der Waals surface area contributed by atoms with Gasteiger partial charge in [0.05, 0.1) is 18.1 Å². The zero-order chi connectivity index (χ0) is 24.5. The first-order valence-electron chi connectivity index (χ1n) is 10.6. The van der Waals surface area contributed by atoms with Crippen LogP contribution in [0.15, 0.2) is 66.7 Å². The van der Waals surface area contributed by atoms with Crippen molar-refractivity contribution in [2.45, 2.75) is 6.61 Å². The van der Waals surface area contributed by atoms with Crippen LogP contribution in [0, 0.1) is 28.5 Å². The zero-order valence-corrected chi connectivity index (χ0v) is 18.6. The van der Waals surface area contributed by atoms with Gasteiger partial charge in [0.1, 0.15) is 41.5 Å². The molecule has 0 spiro atoms. The number of rotatable bonds is 5. The van der Waals surface area contributed by atoms with Crippen molar-refractivity contribution >= 4 is 22.5 Å². The smallest absolute Gasteiger partial charge is 0.161 e. The van der Waals surface area contributed by atoms with Crippen LogP contribution in [-0.4, -0.2) is 16.5 Å². The SMILES string of the molecule is COc1cc(-c2c(C#N)c(N)n3c(nc4ccccc43)c2C#N)ccc1OCc1ccc(F)cc1. The van der Waals surface area contributed by atoms with Gasteiger partial charge in [-0.05, 0) is 47.5 Å². The Balaban J connectivity index is 1.64. The number of nitrogen functional groups attached to an aromatic ring is 1. The van der Waals surface area contributed by atoms with Crippen molar-refractivity contribution < 1.29 is 13.9 Å². The molecule has 7 nitrogen and oxygen atoms in total. The van der Waals surface area contributed by atoms with Crippen LogP contribution in [0.2, 0.25) is 0 Å². The summed E-state index contributed by atoms with van der Waals surface area (Å²) in [5, 5.41) is 20.1. The molecule has 170 valence electrons. The molecule has 2 aromatic heterocycles. The van der Waals surface area contributed by atoms with Gasteiger partial charge in [-0.2, -0.15) is 10.5 Å². The fourth-order valence-corrected chi connectivity index (χ4v) is 4.11. The molecule has 5 aromatic rings. The third kappa shape index (κ3) is 3.64. The van der Waals surface area contributed by atoms with Gasteiger partial charge in [0.15, 0.2) is 17.1 Å². The average molecular weight is 463 g/mol. The molecule has 35 heavy (non-hydrogen) atoms. The molecule has 0 unspecified atom stereocenters. The van der Waals surface area contributed by atoms with Crippen LogP contribution < -0.4 is 15.2 Å². The summed E-state index contributed by atoms with van der Waals surface area (Å²) < 4.78 is 26.2. The summed E-state index contributed by atoms with van der Waals surface area (Å²) in [5.41, 5.74) is 10.3. The molecule has 0 atom stereocenters. The lowest BCUT2D eigenvalue weighted by molar-refractivity contribution is 0.284. The van der Waals surface area contributed by atoms with Crippen LogP contribution >= 0.6 is 0 Å². The van der Waals surface area contributed by atoms with Gasteiger partial charge in [-0.1, -0.05) is 30.3 Å². The molecule has 0 aliphatic rings. The highest BCUT2D eigenvalue weighted by Crippen LogP contribution is 2.39. The van der Waals surface area contributed by atoms with E-state index in [-0.39, 0.29) is 29.4 Å². The number of pyridine rings is 1. The quantitative estimate of drug-likeness (QED) is 0.383. The number of nitrogens with two attached hydrogens (primary N) is 1. The largest absolute Gasteiger partial charge is 0.493 e. The van der Waals surface area contributed by atoms with E-state index < -0.39 is 0 Å². The lowest BCUT2D eigenvalue weighted by Crippen LogP contribution is -2.06. The van der Waals surface area contributed by atoms with E-state index in [4.69, 9.17) is 15.2 Å². The van der Waals surface area contributed by atoms with Gasteiger partial charge in [-0.15, -0.1) is 0 Å². The number of para-hydroxylation sites is 2. The van der Waals surface area contributed by atoms with Gasteiger partial charge in [-0.25, -0.2) is 9.37 Å². The fraction of sp³-hybridized carbons (Fsp3) is 0.0741. The summed E-state index contributed by atoms with van der Waals surface area (Å²) in [4.78, 5) is 4.61. The van der Waals surface area contributed by atoms with E-state index >= 15 is 0 Å². The highest BCUT2D eigenvalue weighted by molar-refractivity contribution is 5.93. The van der Waals surface area contributed by atoms with Gasteiger partial charge in [0.2, 0.25) is 0 Å². The normalized spacial score (nSPS) is 10.7. The third-order valence-corrected chi connectivity index (χ3v) is 5.76. The average Bonchev–Trinajstić information content (AvgIpc) is 3.28. The number of hydrogen-bond donors (Lipinski definition) is 1. The molecular formula is C27H18FN5O2. The summed E-state index contributed by atoms with van der Waals surface area (Å²) in [6, 6.07) is 22.9. The Kier molecular flexibility index (Phi) is 5.40. The first kappa shape index (κ1) is 21.7. The van der Waals surface area contributed by atoms with Crippen molar-refractivity contribution in [3.05, 3.63) is 89.2 Å². The standard InChI is InChI=1S/C27H18FN5O2/c1-34-24-12-17(8-11-23(24)35-15-16-6-9-18(28)10-7-16)25-19(13-29)26(31)33-22-5-3-2-4-21(22)32-27(33)20(25)14-30/h2-12H,15,31H2,1H3. The molecule has 5 rings (SSSR count). The first-order chi connectivity index (χ1) is 17.0. The number of fused-ring (bicyclic) bond motifs is 3. The van der Waals surface area contributed by atoms with Crippen LogP contribution in [-0.2, 0) is 6.61 Å². The molecule has 2 heterocycles. The number of nitriles is 2. The molecule has 8 heteroatoms. The van der Waals surface area contributed by atoms with Crippen LogP contribution in [0.5, 0.6) is 11.5 Å². The summed E-state index contributed by atoms with van der Waals surface area (Å²) >= 11 is 0. The van der Waals surface area contributed by atoms with Crippen molar-refractivity contribution in [1.29, 1.82) is 10.5 Å². The third-order valence-electron chi connectivity index (χ3n) is 5.76. The molecule has 0 saturated heterocycles. The molecule has 0 bridgehead atoms. The highest BCUT2D eigenvalue weighted by atomic mass is 19.1. The molecule has 2 N–H and O–H groups in total. The van der Waals surface area contributed by atoms with Crippen molar-refractivity contribution in [1.82, 2.24) is 9.38 Å². The van der Waals surface area contributed by atoms with E-state index in [1.807, 2.05) is 24.3 Å². The molecule has 0 aliphatic carbocycles. The van der Waals surface area contributed by atoms with E-state index in [0.717, 1.165) is 5.56 Å². The Morgan fingerprint density at radius 1 is 0.971 bits per heavy atom. The van der Waals surface area contributed by atoms with E-state index in [9.17, 15) is 14.9 Å². The molecule has 3 aromatic carbocycles. The second-order valence-corrected chi connectivity index (χ2v) is 7.77. The minimum atomic E-state index is -0.320. The van der Waals surface area contributed by atoms with E-state index in [1.54, 1.807) is 34.7 Å². The maximum atomic E-state index is 13.2. The zero-order valence-electron chi connectivity index (χ0n) is 18.6. The van der Waals surface area contributed by atoms with E-state index in [1.165, 1.54) is 19.2 Å². The fourth-order valence-electron chi connectivity index (χ4n) is 4.11. The van der Waals surface area contributed by atoms with E-state index in [2.05, 4.69) is 17.1 Å². The Morgan fingerprint density at radius 3 is 2.43 bits per heavy atom. The van der Waals surface area contributed by atoms with Gasteiger partial charge in [-0.3, -0.25) is 4.40 Å². The van der Waals surface area contributed by atoms with Crippen molar-refractivity contribution in [3.8, 4) is 34.8 Å². The van der Waals surface area contributed by atoms with Gasteiger partial charge in [0.25, 0.3) is 0 Å². The van der Waals surface area contributed by atoms with Crippen LogP contribution in [0.4, 0.5) is 10.2 Å². The van der Waals surface area contributed by atoms with Gasteiger partial charge in [0, 0.05) is 5.56 Å². The first-order valence-corrected chi connectivity index (χ1v) is 10.6. The predicted molar refractivity (Wildman–Crippen MR) is 129 cm³/mol. The maximum absolute atomic E-state index is 13.2. The Bertz CT molecular complexity index is 1680. The van der Waals surface area contributed by atoms with Crippen molar-refractivity contribution in [2.75, 3.05) is 12.8 Å². The Morgan fingerprint density at radius 2 is 1.71 bits per heavy atom. The summed E-state index contributed by atoms with van der Waals surface area (Å²) in [6.45, 7) is 0.211. The number of hydrogen-bond acceptors (Lipinski definition) is 6. The summed E-state index contributed by atoms with van der Waals surface area (Å²) in [6.07, 6.45) is 0. The summed E-state index contributed by atoms with van der Waals surface area (Å²) in [7, 11) is 1.50. The molecule has 0 saturated carbocycles. The molecule has 0 aliphatic heterocycles. The number of anilines is 1. The highest BCUT2D eigenvalue weighted by Gasteiger charge is 2.23. The molecule has 0 amide bonds. The number of nitrogens with zero attached hydrogens (tertiary/aromatic N) is 4. The monoisotopic (exact) mass is 463 g/mol. The lowest BCUT2D eigenvalue weighted by Gasteiger charge is -2.15. The maximum Gasteiger partial charge on any atom is 0.161 e. The number of imidazole rings is 1. The second-order valence-electron chi connectivity index (χ2n) is 7.77. The lowest BCUT2D eigenvalue weighted by atomic mass is 9.96. The number of methoxy groups -OCH3 is 1. The van der Waals surface area contributed by atoms with Gasteiger partial charge < -0.3 is 15.2 Å². The second kappa shape index (κ2) is 8.69. The van der Waals surface area contributed by atoms with Gasteiger partial charge >= 0.3 is 0 Å². The molecule has 0 radical (unpaired) electrons. The van der Waals surface area contributed by atoms with Crippen molar-refractivity contribution in [3.63, 3.8) is 0 Å². The minimum absolute atomic E-state index is 0.166. The molecular weight excluding hydrogens is 445 g/mol. The van der Waals surface area contributed by atoms with Crippen LogP contribution in [0.1, 0.15) is 16.7 Å². The Labute approximate surface area is 200 Å². The number of halogens is 1. The molecule has 0 fully saturated rings. The Hall–Kier alpha value is -5.08. The van der Waals surface area contributed by atoms with E-state index in [0.29, 0.717) is 39.3 Å². The predicted octanol–water partition coefficient (Wildman–Crippen LogP) is 5.21. The number of ether oxygens (including phenoxy) is 2. The van der Waals surface area contributed by atoms with Crippen LogP contribution in [0.3, 0.4) is 0 Å². The van der Waals surface area contributed by atoms with Crippen molar-refractivity contribution in [2.24, 2.45) is 0 Å². The minimum Gasteiger partial charge on any atom is -0.493 e. The van der Waals surface area contributed by atoms with Crippen LogP contribution in [0.25, 0.3) is 27.8 Å².